The second-order valence-electron chi connectivity index (χ2n) is 5.35. The molecule has 1 aliphatic heterocycles. The number of halogens is 2. The summed E-state index contributed by atoms with van der Waals surface area (Å²) >= 11 is 5.73. The molecule has 5 heteroatoms. The fourth-order valence-electron chi connectivity index (χ4n) is 2.05. The van der Waals surface area contributed by atoms with Gasteiger partial charge in [0.05, 0.1) is 11.9 Å². The largest absolute Gasteiger partial charge is 0.340 e. The minimum atomic E-state index is -0.672. The Hall–Kier alpha value is -1.55. The zero-order valence-electron chi connectivity index (χ0n) is 11.8. The lowest BCUT2D eigenvalue weighted by molar-refractivity contribution is -0.368. The highest BCUT2D eigenvalue weighted by Crippen LogP contribution is 2.27. The van der Waals surface area contributed by atoms with Crippen LogP contribution in [0.3, 0.4) is 0 Å². The molecule has 0 saturated heterocycles. The number of pyridine rings is 1. The molecule has 0 radical (unpaired) electrons. The van der Waals surface area contributed by atoms with Crippen molar-refractivity contribution < 1.29 is 13.8 Å². The van der Waals surface area contributed by atoms with Crippen LogP contribution in [-0.2, 0) is 0 Å². The number of fused-ring (bicyclic) bond motifs is 1. The Morgan fingerprint density at radius 1 is 1.50 bits per heavy atom. The summed E-state index contributed by atoms with van der Waals surface area (Å²) in [5.41, 5.74) is 1.30. The van der Waals surface area contributed by atoms with Gasteiger partial charge in [-0.2, -0.15) is 0 Å². The molecular formula is C15H17ClFN2O+. The van der Waals surface area contributed by atoms with E-state index in [1.165, 1.54) is 6.08 Å². The number of hydrogen-bond donors (Lipinski definition) is 0. The summed E-state index contributed by atoms with van der Waals surface area (Å²) < 4.78 is 15.3. The van der Waals surface area contributed by atoms with E-state index < -0.39 is 5.82 Å². The molecule has 20 heavy (non-hydrogen) atoms. The van der Waals surface area contributed by atoms with Crippen molar-refractivity contribution in [2.24, 2.45) is 5.92 Å². The summed E-state index contributed by atoms with van der Waals surface area (Å²) in [7, 11) is 0. The average Bonchev–Trinajstić information content (AvgIpc) is 2.39. The fraction of sp³-hybridized carbons (Fsp3) is 0.400. The fourth-order valence-corrected chi connectivity index (χ4v) is 2.19. The maximum absolute atomic E-state index is 13.5. The highest BCUT2D eigenvalue weighted by atomic mass is 35.5. The third-order valence-corrected chi connectivity index (χ3v) is 3.54. The Morgan fingerprint density at radius 3 is 2.85 bits per heavy atom. The van der Waals surface area contributed by atoms with Gasteiger partial charge < -0.3 is 0 Å². The van der Waals surface area contributed by atoms with Gasteiger partial charge in [-0.3, -0.25) is 4.79 Å². The minimum Gasteiger partial charge on any atom is -0.289 e. The van der Waals surface area contributed by atoms with Crippen molar-refractivity contribution >= 4 is 28.9 Å². The van der Waals surface area contributed by atoms with Crippen LogP contribution in [0, 0.1) is 11.7 Å². The van der Waals surface area contributed by atoms with Gasteiger partial charge in [-0.1, -0.05) is 13.8 Å². The lowest BCUT2D eigenvalue weighted by Gasteiger charge is -2.11. The number of hydrogen-bond acceptors (Lipinski definition) is 2. The van der Waals surface area contributed by atoms with Crippen molar-refractivity contribution in [2.75, 3.05) is 0 Å². The Kier molecular flexibility index (Phi) is 4.33. The van der Waals surface area contributed by atoms with E-state index in [9.17, 15) is 9.18 Å². The molecule has 0 spiro atoms. The molecule has 0 N–H and O–H groups in total. The third-order valence-electron chi connectivity index (χ3n) is 3.28. The van der Waals surface area contributed by atoms with Gasteiger partial charge in [-0.05, 0) is 41.9 Å². The number of nitrogens with zero attached hydrogens (tertiary/aromatic N) is 2. The SMILES string of the molecule is CC(CCC(C)C)=[N+]1C=CC(=O)c2cc(F)c(Cl)nc21. The Bertz CT molecular complexity index is 621. The Balaban J connectivity index is 2.48. The summed E-state index contributed by atoms with van der Waals surface area (Å²) in [6.45, 7) is 6.29. The Morgan fingerprint density at radius 2 is 2.20 bits per heavy atom. The average molecular weight is 296 g/mol. The molecule has 2 heterocycles. The number of aromatic nitrogens is 1. The summed E-state index contributed by atoms with van der Waals surface area (Å²) in [5.74, 6) is 0.0690. The van der Waals surface area contributed by atoms with Crippen LogP contribution >= 0.6 is 11.6 Å². The lowest BCUT2D eigenvalue weighted by Crippen LogP contribution is -2.18. The third kappa shape index (κ3) is 2.96. The van der Waals surface area contributed by atoms with Gasteiger partial charge in [0.2, 0.25) is 0 Å². The molecule has 0 fully saturated rings. The first-order valence-electron chi connectivity index (χ1n) is 6.60. The summed E-state index contributed by atoms with van der Waals surface area (Å²) in [6.07, 6.45) is 5.01. The van der Waals surface area contributed by atoms with Gasteiger partial charge in [0, 0.05) is 12.5 Å². The molecular weight excluding hydrogens is 279 g/mol. The van der Waals surface area contributed by atoms with E-state index in [0.717, 1.165) is 24.6 Å². The van der Waals surface area contributed by atoms with Gasteiger partial charge in [-0.25, -0.2) is 8.97 Å². The topological polar surface area (TPSA) is 33.0 Å². The molecule has 1 aliphatic rings. The maximum Gasteiger partial charge on any atom is 0.340 e. The van der Waals surface area contributed by atoms with Crippen LogP contribution in [0.5, 0.6) is 0 Å². The highest BCUT2D eigenvalue weighted by Gasteiger charge is 2.29. The van der Waals surface area contributed by atoms with Crippen LogP contribution in [0.2, 0.25) is 5.15 Å². The van der Waals surface area contributed by atoms with Gasteiger partial charge >= 0.3 is 5.82 Å². The van der Waals surface area contributed by atoms with E-state index in [2.05, 4.69) is 18.8 Å². The van der Waals surface area contributed by atoms with E-state index >= 15 is 0 Å². The molecule has 0 aromatic carbocycles. The molecule has 0 amide bonds. The molecule has 2 rings (SSSR count). The van der Waals surface area contributed by atoms with Crippen LogP contribution in [0.15, 0.2) is 18.3 Å². The smallest absolute Gasteiger partial charge is 0.289 e. The first-order chi connectivity index (χ1) is 9.40. The van der Waals surface area contributed by atoms with Crippen molar-refractivity contribution in [3.05, 3.63) is 34.9 Å². The van der Waals surface area contributed by atoms with Crippen LogP contribution in [-0.4, -0.2) is 21.1 Å². The van der Waals surface area contributed by atoms with Crippen LogP contribution in [0.25, 0.3) is 0 Å². The van der Waals surface area contributed by atoms with Crippen LogP contribution < -0.4 is 0 Å². The second kappa shape index (κ2) is 5.83. The molecule has 106 valence electrons. The molecule has 1 aromatic heterocycles. The minimum absolute atomic E-state index is 0.214. The van der Waals surface area contributed by atoms with Crippen molar-refractivity contribution in [1.82, 2.24) is 4.98 Å². The number of carbonyl (C=O) groups excluding carboxylic acids is 1. The van der Waals surface area contributed by atoms with E-state index in [-0.39, 0.29) is 16.5 Å². The van der Waals surface area contributed by atoms with Crippen molar-refractivity contribution in [3.8, 4) is 0 Å². The predicted octanol–water partition coefficient (Wildman–Crippen LogP) is 4.13. The summed E-state index contributed by atoms with van der Waals surface area (Å²) in [4.78, 5) is 15.8. The van der Waals surface area contributed by atoms with Gasteiger partial charge in [0.15, 0.2) is 11.6 Å². The highest BCUT2D eigenvalue weighted by molar-refractivity contribution is 6.29. The molecule has 0 aliphatic carbocycles. The quantitative estimate of drug-likeness (QED) is 0.620. The number of allylic oxidation sites excluding steroid dienone is 1. The standard InChI is InChI=1S/C15H17ClFN2O/c1-9(2)4-5-10(3)19-7-6-13(20)11-8-12(17)14(16)18-15(11)19/h6-9H,4-5H2,1-3H3/q+1. The number of ketones is 1. The van der Waals surface area contributed by atoms with Crippen LogP contribution in [0.4, 0.5) is 10.2 Å². The number of rotatable bonds is 3. The first kappa shape index (κ1) is 14.9. The van der Waals surface area contributed by atoms with Crippen LogP contribution in [0.1, 0.15) is 44.0 Å². The monoisotopic (exact) mass is 295 g/mol. The molecule has 3 nitrogen and oxygen atoms in total. The summed E-state index contributed by atoms with van der Waals surface area (Å²) in [5, 5.41) is -0.214. The maximum atomic E-state index is 13.5. The van der Waals surface area contributed by atoms with Crippen molar-refractivity contribution in [3.63, 3.8) is 0 Å². The predicted molar refractivity (Wildman–Crippen MR) is 77.3 cm³/mol. The lowest BCUT2D eigenvalue weighted by atomic mass is 10.0. The van der Waals surface area contributed by atoms with Gasteiger partial charge in [0.25, 0.3) is 5.15 Å². The van der Waals surface area contributed by atoms with E-state index in [0.29, 0.717) is 11.7 Å². The van der Waals surface area contributed by atoms with E-state index in [1.807, 2.05) is 11.5 Å². The second-order valence-corrected chi connectivity index (χ2v) is 5.71. The van der Waals surface area contributed by atoms with E-state index in [4.69, 9.17) is 11.6 Å². The van der Waals surface area contributed by atoms with E-state index in [1.54, 1.807) is 6.20 Å². The van der Waals surface area contributed by atoms with Crippen molar-refractivity contribution in [1.29, 1.82) is 0 Å². The first-order valence-corrected chi connectivity index (χ1v) is 6.98. The molecule has 0 bridgehead atoms. The Labute approximate surface area is 122 Å². The molecule has 0 atom stereocenters. The molecule has 0 saturated carbocycles. The summed E-state index contributed by atoms with van der Waals surface area (Å²) in [6, 6.07) is 1.15. The van der Waals surface area contributed by atoms with Gasteiger partial charge in [-0.15, -0.1) is 0 Å². The normalized spacial score (nSPS) is 16.6. The molecule has 1 aromatic rings. The zero-order valence-corrected chi connectivity index (χ0v) is 12.5. The van der Waals surface area contributed by atoms with Crippen molar-refractivity contribution in [2.45, 2.75) is 33.6 Å². The number of carbonyl (C=O) groups is 1. The zero-order chi connectivity index (χ0) is 14.9. The molecule has 0 unspecified atom stereocenters. The van der Waals surface area contributed by atoms with Gasteiger partial charge in [0.1, 0.15) is 5.56 Å².